The lowest BCUT2D eigenvalue weighted by molar-refractivity contribution is 0.631. The van der Waals surface area contributed by atoms with E-state index in [1.54, 1.807) is 0 Å². The van der Waals surface area contributed by atoms with E-state index >= 15 is 0 Å². The fourth-order valence-electron chi connectivity index (χ4n) is 4.26. The van der Waals surface area contributed by atoms with Crippen LogP contribution < -0.4 is 5.46 Å². The first-order valence-corrected chi connectivity index (χ1v) is 8.23. The smallest absolute Gasteiger partial charge is 0.139 e. The molecule has 0 atom stereocenters. The summed E-state index contributed by atoms with van der Waals surface area (Å²) in [5.74, 6) is 0. The summed E-state index contributed by atoms with van der Waals surface area (Å²) in [6, 6.07) is 22.4. The number of benzene rings is 3. The SMILES string of the molecule is Bc1ccc2c(c1)C(C)(C)c1cccc3c4ccccc4n-2c13. The summed E-state index contributed by atoms with van der Waals surface area (Å²) >= 11 is 0. The summed E-state index contributed by atoms with van der Waals surface area (Å²) in [4.78, 5) is 0. The van der Waals surface area contributed by atoms with Crippen LogP contribution in [0.2, 0.25) is 0 Å². The van der Waals surface area contributed by atoms with Crippen LogP contribution in [-0.2, 0) is 5.41 Å². The van der Waals surface area contributed by atoms with Crippen molar-refractivity contribution in [2.75, 3.05) is 0 Å². The molecule has 0 spiro atoms. The number of para-hydroxylation sites is 2. The quantitative estimate of drug-likeness (QED) is 0.436. The Balaban J connectivity index is 2.12. The molecule has 1 aromatic heterocycles. The molecule has 110 valence electrons. The van der Waals surface area contributed by atoms with Crippen molar-refractivity contribution < 1.29 is 0 Å². The average Bonchev–Trinajstić information content (AvgIpc) is 2.89. The van der Waals surface area contributed by atoms with Gasteiger partial charge in [0.1, 0.15) is 7.85 Å². The molecule has 0 radical (unpaired) electrons. The normalized spacial score (nSPS) is 15.0. The minimum Gasteiger partial charge on any atom is -0.309 e. The van der Waals surface area contributed by atoms with Gasteiger partial charge < -0.3 is 4.57 Å². The molecule has 3 aromatic carbocycles. The Hall–Kier alpha value is -2.48. The molecule has 0 unspecified atom stereocenters. The third-order valence-electron chi connectivity index (χ3n) is 5.43. The summed E-state index contributed by atoms with van der Waals surface area (Å²) in [6.45, 7) is 4.70. The molecular weight excluding hydrogens is 277 g/mol. The number of hydrogen-bond acceptors (Lipinski definition) is 0. The lowest BCUT2D eigenvalue weighted by atomic mass is 9.73. The largest absolute Gasteiger partial charge is 0.309 e. The molecule has 1 aliphatic rings. The fraction of sp³-hybridized carbons (Fsp3) is 0.143. The van der Waals surface area contributed by atoms with Crippen LogP contribution >= 0.6 is 0 Å². The van der Waals surface area contributed by atoms with Crippen molar-refractivity contribution in [3.63, 3.8) is 0 Å². The topological polar surface area (TPSA) is 4.93 Å². The molecule has 0 saturated carbocycles. The second-order valence-corrected chi connectivity index (χ2v) is 7.20. The zero-order valence-electron chi connectivity index (χ0n) is 13.7. The minimum absolute atomic E-state index is 0.0191. The Kier molecular flexibility index (Phi) is 2.31. The molecule has 23 heavy (non-hydrogen) atoms. The van der Waals surface area contributed by atoms with Crippen LogP contribution in [0, 0.1) is 0 Å². The Morgan fingerprint density at radius 1 is 0.826 bits per heavy atom. The minimum atomic E-state index is 0.0191. The molecule has 5 rings (SSSR count). The van der Waals surface area contributed by atoms with Crippen LogP contribution in [0.1, 0.15) is 25.0 Å². The van der Waals surface area contributed by atoms with E-state index in [-0.39, 0.29) is 5.41 Å². The maximum absolute atomic E-state index is 2.46. The van der Waals surface area contributed by atoms with E-state index in [0.29, 0.717) is 0 Å². The highest BCUT2D eigenvalue weighted by molar-refractivity contribution is 6.32. The van der Waals surface area contributed by atoms with Crippen LogP contribution in [0.25, 0.3) is 27.5 Å². The second-order valence-electron chi connectivity index (χ2n) is 7.20. The monoisotopic (exact) mass is 295 g/mol. The van der Waals surface area contributed by atoms with E-state index < -0.39 is 0 Å². The van der Waals surface area contributed by atoms with Crippen LogP contribution in [0.3, 0.4) is 0 Å². The molecule has 0 N–H and O–H groups in total. The summed E-state index contributed by atoms with van der Waals surface area (Å²) in [7, 11) is 2.18. The first kappa shape index (κ1) is 13.0. The lowest BCUT2D eigenvalue weighted by Crippen LogP contribution is -2.28. The first-order valence-electron chi connectivity index (χ1n) is 8.23. The van der Waals surface area contributed by atoms with Crippen molar-refractivity contribution in [3.05, 3.63) is 71.8 Å². The third-order valence-corrected chi connectivity index (χ3v) is 5.43. The summed E-state index contributed by atoms with van der Waals surface area (Å²) in [5.41, 5.74) is 8.17. The molecule has 0 fully saturated rings. The van der Waals surface area contributed by atoms with E-state index in [0.717, 1.165) is 0 Å². The Morgan fingerprint density at radius 3 is 2.48 bits per heavy atom. The highest BCUT2D eigenvalue weighted by Crippen LogP contribution is 2.46. The van der Waals surface area contributed by atoms with E-state index in [4.69, 9.17) is 0 Å². The molecule has 1 nitrogen and oxygen atoms in total. The summed E-state index contributed by atoms with van der Waals surface area (Å²) in [5, 5.41) is 2.70. The molecule has 1 aliphatic heterocycles. The standard InChI is InChI=1S/C21H18BN/c1-21(2)16-8-5-7-15-14-6-3-4-9-18(14)23(20(15)16)19-11-10-13(22)12-17(19)21/h3-12H,22H2,1-2H3. The van der Waals surface area contributed by atoms with Gasteiger partial charge in [-0.05, 0) is 23.3 Å². The van der Waals surface area contributed by atoms with Crippen molar-refractivity contribution in [2.45, 2.75) is 19.3 Å². The van der Waals surface area contributed by atoms with E-state index in [1.165, 1.54) is 44.1 Å². The molecule has 0 aliphatic carbocycles. The molecular formula is C21H18BN. The first-order chi connectivity index (χ1) is 11.1. The summed E-state index contributed by atoms with van der Waals surface area (Å²) in [6.07, 6.45) is 0. The third kappa shape index (κ3) is 1.49. The van der Waals surface area contributed by atoms with Crippen LogP contribution in [-0.4, -0.2) is 12.4 Å². The zero-order valence-corrected chi connectivity index (χ0v) is 13.7. The van der Waals surface area contributed by atoms with Crippen molar-refractivity contribution in [3.8, 4) is 5.69 Å². The lowest BCUT2D eigenvalue weighted by Gasteiger charge is -2.35. The second kappa shape index (κ2) is 4.08. The van der Waals surface area contributed by atoms with Gasteiger partial charge in [-0.15, -0.1) is 0 Å². The highest BCUT2D eigenvalue weighted by Gasteiger charge is 2.34. The van der Waals surface area contributed by atoms with Crippen molar-refractivity contribution in [1.82, 2.24) is 4.57 Å². The molecule has 2 heteroatoms. The van der Waals surface area contributed by atoms with Crippen molar-refractivity contribution >= 4 is 35.1 Å². The predicted octanol–water partition coefficient (Wildman–Crippen LogP) is 3.68. The van der Waals surface area contributed by atoms with E-state index in [9.17, 15) is 0 Å². The van der Waals surface area contributed by atoms with Gasteiger partial charge in [-0.3, -0.25) is 0 Å². The van der Waals surface area contributed by atoms with E-state index in [1.807, 2.05) is 0 Å². The number of rotatable bonds is 0. The maximum atomic E-state index is 2.46. The van der Waals surface area contributed by atoms with Gasteiger partial charge in [-0.2, -0.15) is 0 Å². The number of nitrogens with zero attached hydrogens (tertiary/aromatic N) is 1. The Labute approximate surface area is 137 Å². The van der Waals surface area contributed by atoms with Gasteiger partial charge in [-0.25, -0.2) is 0 Å². The Morgan fingerprint density at radius 2 is 1.61 bits per heavy atom. The van der Waals surface area contributed by atoms with E-state index in [2.05, 4.69) is 86.9 Å². The number of hydrogen-bond donors (Lipinski definition) is 0. The molecule has 0 bridgehead atoms. The van der Waals surface area contributed by atoms with Crippen LogP contribution in [0.5, 0.6) is 0 Å². The molecule has 0 saturated heterocycles. The molecule has 2 heterocycles. The van der Waals surface area contributed by atoms with Gasteiger partial charge in [0.2, 0.25) is 0 Å². The van der Waals surface area contributed by atoms with Crippen molar-refractivity contribution in [2.24, 2.45) is 0 Å². The average molecular weight is 295 g/mol. The van der Waals surface area contributed by atoms with Crippen LogP contribution in [0.4, 0.5) is 0 Å². The number of fused-ring (bicyclic) bond motifs is 5. The van der Waals surface area contributed by atoms with Gasteiger partial charge >= 0.3 is 0 Å². The molecule has 4 aromatic rings. The van der Waals surface area contributed by atoms with Gasteiger partial charge in [0.05, 0.1) is 16.7 Å². The highest BCUT2D eigenvalue weighted by atomic mass is 15.0. The van der Waals surface area contributed by atoms with Gasteiger partial charge in [0.15, 0.2) is 0 Å². The maximum Gasteiger partial charge on any atom is 0.139 e. The van der Waals surface area contributed by atoms with Crippen LogP contribution in [0.15, 0.2) is 60.7 Å². The Bertz CT molecular complexity index is 1100. The predicted molar refractivity (Wildman–Crippen MR) is 101 cm³/mol. The van der Waals surface area contributed by atoms with Gasteiger partial charge in [0, 0.05) is 16.2 Å². The molecule has 0 amide bonds. The fourth-order valence-corrected chi connectivity index (χ4v) is 4.26. The van der Waals surface area contributed by atoms with Gasteiger partial charge in [0.25, 0.3) is 0 Å². The van der Waals surface area contributed by atoms with Crippen molar-refractivity contribution in [1.29, 1.82) is 0 Å². The summed E-state index contributed by atoms with van der Waals surface area (Å²) < 4.78 is 2.46. The zero-order chi connectivity index (χ0) is 15.8. The number of aromatic nitrogens is 1. The van der Waals surface area contributed by atoms with Gasteiger partial charge in [-0.1, -0.05) is 67.8 Å².